The minimum atomic E-state index is -0.775. The first-order valence-electron chi connectivity index (χ1n) is 6.54. The predicted octanol–water partition coefficient (Wildman–Crippen LogP) is 0.732. The lowest BCUT2D eigenvalue weighted by Gasteiger charge is -2.33. The molecule has 1 aliphatic heterocycles. The lowest BCUT2D eigenvalue weighted by Crippen LogP contribution is -2.55. The molecule has 104 valence electrons. The van der Waals surface area contributed by atoms with Gasteiger partial charge in [-0.25, -0.2) is 0 Å². The van der Waals surface area contributed by atoms with Gasteiger partial charge in [0.1, 0.15) is 18.4 Å². The molecular formula is C14H20N2O3. The van der Waals surface area contributed by atoms with Gasteiger partial charge in [0.05, 0.1) is 0 Å². The van der Waals surface area contributed by atoms with Gasteiger partial charge in [0.25, 0.3) is 0 Å². The number of aliphatic carboxylic acids is 1. The third-order valence-electron chi connectivity index (χ3n) is 3.28. The normalized spacial score (nSPS) is 20.2. The molecule has 0 aliphatic carbocycles. The average molecular weight is 264 g/mol. The second kappa shape index (κ2) is 6.54. The van der Waals surface area contributed by atoms with E-state index < -0.39 is 12.0 Å². The van der Waals surface area contributed by atoms with Gasteiger partial charge in [0.2, 0.25) is 0 Å². The van der Waals surface area contributed by atoms with Gasteiger partial charge in [-0.3, -0.25) is 9.69 Å². The molecule has 0 aromatic heterocycles. The molecule has 2 N–H and O–H groups in total. The van der Waals surface area contributed by atoms with E-state index in [1.807, 2.05) is 36.1 Å². The number of piperazine rings is 1. The fourth-order valence-electron chi connectivity index (χ4n) is 2.24. The Morgan fingerprint density at radius 2 is 2.42 bits per heavy atom. The molecule has 1 aromatic carbocycles. The van der Waals surface area contributed by atoms with Crippen molar-refractivity contribution in [2.45, 2.75) is 13.0 Å². The largest absolute Gasteiger partial charge is 0.492 e. The van der Waals surface area contributed by atoms with Crippen LogP contribution in [0, 0.1) is 6.92 Å². The van der Waals surface area contributed by atoms with Crippen LogP contribution in [0.25, 0.3) is 0 Å². The van der Waals surface area contributed by atoms with Crippen LogP contribution in [0.5, 0.6) is 5.75 Å². The Hall–Kier alpha value is -1.59. The molecule has 5 nitrogen and oxygen atoms in total. The molecule has 0 spiro atoms. The van der Waals surface area contributed by atoms with Gasteiger partial charge < -0.3 is 15.2 Å². The molecule has 0 saturated carbocycles. The zero-order valence-corrected chi connectivity index (χ0v) is 11.1. The van der Waals surface area contributed by atoms with Gasteiger partial charge in [0.15, 0.2) is 0 Å². The van der Waals surface area contributed by atoms with Crippen LogP contribution in [-0.2, 0) is 4.79 Å². The van der Waals surface area contributed by atoms with E-state index >= 15 is 0 Å². The first-order chi connectivity index (χ1) is 9.16. The molecular weight excluding hydrogens is 244 g/mol. The van der Waals surface area contributed by atoms with E-state index in [1.165, 1.54) is 0 Å². The van der Waals surface area contributed by atoms with Crippen LogP contribution in [0.3, 0.4) is 0 Å². The molecule has 1 fully saturated rings. The number of rotatable bonds is 5. The minimum Gasteiger partial charge on any atom is -0.492 e. The summed E-state index contributed by atoms with van der Waals surface area (Å²) in [6.07, 6.45) is 0. The van der Waals surface area contributed by atoms with E-state index in [1.54, 1.807) is 0 Å². The summed E-state index contributed by atoms with van der Waals surface area (Å²) >= 11 is 0. The molecule has 0 bridgehead atoms. The minimum absolute atomic E-state index is 0.449. The number of nitrogens with zero attached hydrogens (tertiary/aromatic N) is 1. The summed E-state index contributed by atoms with van der Waals surface area (Å²) in [5, 5.41) is 12.2. The van der Waals surface area contributed by atoms with Crippen molar-refractivity contribution in [1.82, 2.24) is 10.2 Å². The van der Waals surface area contributed by atoms with Crippen molar-refractivity contribution in [3.63, 3.8) is 0 Å². The first kappa shape index (κ1) is 13.8. The van der Waals surface area contributed by atoms with E-state index in [0.29, 0.717) is 19.7 Å². The van der Waals surface area contributed by atoms with Crippen molar-refractivity contribution in [3.05, 3.63) is 29.8 Å². The highest BCUT2D eigenvalue weighted by Gasteiger charge is 2.27. The Kier molecular flexibility index (Phi) is 4.76. The highest BCUT2D eigenvalue weighted by atomic mass is 16.5. The van der Waals surface area contributed by atoms with Crippen molar-refractivity contribution < 1.29 is 14.6 Å². The van der Waals surface area contributed by atoms with Crippen molar-refractivity contribution in [1.29, 1.82) is 0 Å². The number of hydrogen-bond acceptors (Lipinski definition) is 4. The molecule has 5 heteroatoms. The average Bonchev–Trinajstić information content (AvgIpc) is 2.39. The molecule has 0 radical (unpaired) electrons. The Morgan fingerprint density at radius 3 is 3.16 bits per heavy atom. The van der Waals surface area contributed by atoms with Crippen molar-refractivity contribution >= 4 is 5.97 Å². The highest BCUT2D eigenvalue weighted by Crippen LogP contribution is 2.12. The van der Waals surface area contributed by atoms with Gasteiger partial charge in [0, 0.05) is 26.2 Å². The molecule has 1 heterocycles. The summed E-state index contributed by atoms with van der Waals surface area (Å²) in [5.41, 5.74) is 1.16. The van der Waals surface area contributed by atoms with Crippen molar-refractivity contribution in [3.8, 4) is 5.75 Å². The zero-order chi connectivity index (χ0) is 13.7. The number of ether oxygens (including phenoxy) is 1. The second-order valence-corrected chi connectivity index (χ2v) is 4.76. The summed E-state index contributed by atoms with van der Waals surface area (Å²) in [4.78, 5) is 13.1. The van der Waals surface area contributed by atoms with E-state index in [-0.39, 0.29) is 0 Å². The molecule has 1 atom stereocenters. The number of hydrogen-bond donors (Lipinski definition) is 2. The third-order valence-corrected chi connectivity index (χ3v) is 3.28. The molecule has 1 aromatic rings. The topological polar surface area (TPSA) is 61.8 Å². The number of aryl methyl sites for hydroxylation is 1. The summed E-state index contributed by atoms with van der Waals surface area (Å²) in [6, 6.07) is 7.42. The number of benzene rings is 1. The monoisotopic (exact) mass is 264 g/mol. The van der Waals surface area contributed by atoms with Gasteiger partial charge in [-0.2, -0.15) is 0 Å². The highest BCUT2D eigenvalue weighted by molar-refractivity contribution is 5.73. The van der Waals surface area contributed by atoms with Crippen LogP contribution in [0.2, 0.25) is 0 Å². The summed E-state index contributed by atoms with van der Waals surface area (Å²) < 4.78 is 5.66. The third kappa shape index (κ3) is 3.94. The van der Waals surface area contributed by atoms with Crippen LogP contribution in [0.4, 0.5) is 0 Å². The Labute approximate surface area is 113 Å². The summed E-state index contributed by atoms with van der Waals surface area (Å²) in [6.45, 7) is 5.23. The quantitative estimate of drug-likeness (QED) is 0.821. The lowest BCUT2D eigenvalue weighted by atomic mass is 10.2. The molecule has 2 rings (SSSR count). The van der Waals surface area contributed by atoms with Crippen molar-refractivity contribution in [2.24, 2.45) is 0 Å². The molecule has 1 unspecified atom stereocenters. The van der Waals surface area contributed by atoms with Crippen molar-refractivity contribution in [2.75, 3.05) is 32.8 Å². The zero-order valence-electron chi connectivity index (χ0n) is 11.1. The first-order valence-corrected chi connectivity index (χ1v) is 6.54. The number of carboxylic acid groups (broad SMARTS) is 1. The standard InChI is InChI=1S/C14H20N2O3/c1-11-3-2-4-12(9-11)19-8-7-16-6-5-15-10-13(16)14(17)18/h2-4,9,13,15H,5-8,10H2,1H3,(H,17,18). The fraction of sp³-hybridized carbons (Fsp3) is 0.500. The van der Waals surface area contributed by atoms with E-state index in [9.17, 15) is 4.79 Å². The Balaban J connectivity index is 1.82. The molecule has 1 saturated heterocycles. The maximum Gasteiger partial charge on any atom is 0.322 e. The number of carboxylic acids is 1. The van der Waals surface area contributed by atoms with E-state index in [2.05, 4.69) is 5.32 Å². The van der Waals surface area contributed by atoms with Gasteiger partial charge in [-0.05, 0) is 24.6 Å². The van der Waals surface area contributed by atoms with Crippen LogP contribution in [0.1, 0.15) is 5.56 Å². The van der Waals surface area contributed by atoms with Crippen LogP contribution >= 0.6 is 0 Å². The molecule has 1 aliphatic rings. The SMILES string of the molecule is Cc1cccc(OCCN2CCNCC2C(=O)O)c1. The van der Waals surface area contributed by atoms with Gasteiger partial charge >= 0.3 is 5.97 Å². The molecule has 0 amide bonds. The van der Waals surface area contributed by atoms with Crippen LogP contribution < -0.4 is 10.1 Å². The van der Waals surface area contributed by atoms with Gasteiger partial charge in [-0.1, -0.05) is 12.1 Å². The maximum atomic E-state index is 11.1. The lowest BCUT2D eigenvalue weighted by molar-refractivity contribution is -0.144. The maximum absolute atomic E-state index is 11.1. The van der Waals surface area contributed by atoms with E-state index in [4.69, 9.17) is 9.84 Å². The fourth-order valence-corrected chi connectivity index (χ4v) is 2.24. The predicted molar refractivity (Wildman–Crippen MR) is 72.5 cm³/mol. The summed E-state index contributed by atoms with van der Waals surface area (Å²) in [5.74, 6) is 0.0600. The van der Waals surface area contributed by atoms with Crippen LogP contribution in [-0.4, -0.2) is 54.8 Å². The smallest absolute Gasteiger partial charge is 0.322 e. The number of nitrogens with one attached hydrogen (secondary N) is 1. The molecule has 19 heavy (non-hydrogen) atoms. The Bertz CT molecular complexity index is 436. The Morgan fingerprint density at radius 1 is 1.58 bits per heavy atom. The second-order valence-electron chi connectivity index (χ2n) is 4.76. The van der Waals surface area contributed by atoms with Crippen LogP contribution in [0.15, 0.2) is 24.3 Å². The number of carbonyl (C=O) groups is 1. The summed E-state index contributed by atoms with van der Waals surface area (Å²) in [7, 11) is 0. The van der Waals surface area contributed by atoms with Gasteiger partial charge in [-0.15, -0.1) is 0 Å². The van der Waals surface area contributed by atoms with E-state index in [0.717, 1.165) is 24.4 Å².